The normalized spacial score (nSPS) is 16.0. The zero-order valence-electron chi connectivity index (χ0n) is 8.22. The van der Waals surface area contributed by atoms with Crippen molar-refractivity contribution in [1.29, 1.82) is 0 Å². The van der Waals surface area contributed by atoms with Gasteiger partial charge < -0.3 is 4.74 Å². The molecule has 1 aliphatic carbocycles. The first-order valence-electron chi connectivity index (χ1n) is 4.31. The van der Waals surface area contributed by atoms with E-state index >= 15 is 0 Å². The summed E-state index contributed by atoms with van der Waals surface area (Å²) in [7, 11) is 1.65. The number of hydrogen-bond donors (Lipinski definition) is 0. The minimum absolute atomic E-state index is 0.518. The Balaban J connectivity index is 3.19. The van der Waals surface area contributed by atoms with Gasteiger partial charge >= 0.3 is 0 Å². The Labute approximate surface area is 89.7 Å². The van der Waals surface area contributed by atoms with Crippen molar-refractivity contribution >= 4 is 11.6 Å². The molecule has 0 radical (unpaired) electrons. The van der Waals surface area contributed by atoms with Crippen LogP contribution < -0.4 is 0 Å². The van der Waals surface area contributed by atoms with E-state index in [0.717, 1.165) is 23.3 Å². The Hall–Kier alpha value is -1.21. The van der Waals surface area contributed by atoms with Gasteiger partial charge in [-0.25, -0.2) is 0 Å². The average molecular weight is 209 g/mol. The van der Waals surface area contributed by atoms with E-state index in [-0.39, 0.29) is 0 Å². The maximum Gasteiger partial charge on any atom is 0.0999 e. The predicted octanol–water partition coefficient (Wildman–Crippen LogP) is 3.71. The van der Waals surface area contributed by atoms with E-state index in [4.69, 9.17) is 16.3 Å². The fraction of sp³-hybridized carbons (Fsp3) is 0.167. The third-order valence-electron chi connectivity index (χ3n) is 2.01. The molecule has 1 rings (SSSR count). The van der Waals surface area contributed by atoms with E-state index in [0.29, 0.717) is 5.03 Å². The zero-order chi connectivity index (χ0) is 10.6. The number of ether oxygens (including phenoxy) is 1. The second kappa shape index (κ2) is 4.87. The molecule has 0 aromatic rings. The van der Waals surface area contributed by atoms with Gasteiger partial charge in [-0.05, 0) is 17.2 Å². The molecule has 0 N–H and O–H groups in total. The van der Waals surface area contributed by atoms with Crippen LogP contribution >= 0.6 is 11.6 Å². The van der Waals surface area contributed by atoms with Crippen LogP contribution in [0.3, 0.4) is 0 Å². The van der Waals surface area contributed by atoms with Gasteiger partial charge in [-0.1, -0.05) is 43.0 Å². The van der Waals surface area contributed by atoms with Gasteiger partial charge in [0, 0.05) is 11.5 Å². The van der Waals surface area contributed by atoms with Crippen molar-refractivity contribution in [1.82, 2.24) is 0 Å². The molecular formula is C12H13ClO. The topological polar surface area (TPSA) is 9.23 Å². The number of rotatable bonds is 3. The standard InChI is InChI=1S/C12H13ClO/c1-4-10-8-11(14-3)6-5-7-12(10)9(2)13/h4-5,7-8H,1-2,6H2,3H3. The lowest BCUT2D eigenvalue weighted by molar-refractivity contribution is 0.285. The molecule has 2 heteroatoms. The van der Waals surface area contributed by atoms with Gasteiger partial charge in [-0.2, -0.15) is 0 Å². The largest absolute Gasteiger partial charge is 0.501 e. The van der Waals surface area contributed by atoms with Crippen LogP contribution in [-0.4, -0.2) is 7.11 Å². The summed E-state index contributed by atoms with van der Waals surface area (Å²) in [6.45, 7) is 7.44. The van der Waals surface area contributed by atoms with Crippen molar-refractivity contribution in [3.05, 3.63) is 59.4 Å². The third-order valence-corrected chi connectivity index (χ3v) is 2.21. The minimum Gasteiger partial charge on any atom is -0.501 e. The molecule has 0 amide bonds. The molecule has 14 heavy (non-hydrogen) atoms. The molecule has 1 nitrogen and oxygen atoms in total. The van der Waals surface area contributed by atoms with E-state index in [1.807, 2.05) is 18.2 Å². The summed E-state index contributed by atoms with van der Waals surface area (Å²) in [4.78, 5) is 0. The summed E-state index contributed by atoms with van der Waals surface area (Å²) in [6, 6.07) is 0. The average Bonchev–Trinajstić information content (AvgIpc) is 2.38. The molecule has 0 fully saturated rings. The highest BCUT2D eigenvalue weighted by molar-refractivity contribution is 6.32. The molecule has 74 valence electrons. The molecule has 0 spiro atoms. The lowest BCUT2D eigenvalue weighted by Crippen LogP contribution is -1.86. The van der Waals surface area contributed by atoms with Crippen molar-refractivity contribution in [3.63, 3.8) is 0 Å². The van der Waals surface area contributed by atoms with Crippen LogP contribution in [0, 0.1) is 0 Å². The first-order valence-corrected chi connectivity index (χ1v) is 4.69. The number of allylic oxidation sites excluding steroid dienone is 7. The number of methoxy groups -OCH3 is 1. The van der Waals surface area contributed by atoms with Crippen molar-refractivity contribution in [2.75, 3.05) is 7.11 Å². The number of hydrogen-bond acceptors (Lipinski definition) is 1. The molecule has 0 unspecified atom stereocenters. The molecule has 0 aromatic heterocycles. The summed E-state index contributed by atoms with van der Waals surface area (Å²) in [5.74, 6) is 0.893. The van der Waals surface area contributed by atoms with Crippen LogP contribution in [0.25, 0.3) is 0 Å². The van der Waals surface area contributed by atoms with Crippen molar-refractivity contribution in [2.45, 2.75) is 6.42 Å². The highest BCUT2D eigenvalue weighted by atomic mass is 35.5. The Bertz CT molecular complexity index is 345. The fourth-order valence-corrected chi connectivity index (χ4v) is 1.43. The van der Waals surface area contributed by atoms with Gasteiger partial charge in [-0.15, -0.1) is 0 Å². The maximum absolute atomic E-state index is 5.87. The first-order chi connectivity index (χ1) is 6.69. The smallest absolute Gasteiger partial charge is 0.0999 e. The van der Waals surface area contributed by atoms with E-state index < -0.39 is 0 Å². The fourth-order valence-electron chi connectivity index (χ4n) is 1.26. The highest BCUT2D eigenvalue weighted by Gasteiger charge is 2.06. The van der Waals surface area contributed by atoms with Crippen LogP contribution in [0.4, 0.5) is 0 Å². The van der Waals surface area contributed by atoms with E-state index in [1.54, 1.807) is 13.2 Å². The first kappa shape index (κ1) is 10.9. The molecule has 0 aliphatic heterocycles. The second-order valence-corrected chi connectivity index (χ2v) is 3.36. The van der Waals surface area contributed by atoms with E-state index in [1.165, 1.54) is 0 Å². The van der Waals surface area contributed by atoms with Gasteiger partial charge in [-0.3, -0.25) is 0 Å². The Kier molecular flexibility index (Phi) is 3.78. The van der Waals surface area contributed by atoms with Crippen molar-refractivity contribution < 1.29 is 4.74 Å². The highest BCUT2D eigenvalue weighted by Crippen LogP contribution is 2.25. The van der Waals surface area contributed by atoms with Crippen molar-refractivity contribution in [3.8, 4) is 0 Å². The van der Waals surface area contributed by atoms with Gasteiger partial charge in [0.25, 0.3) is 0 Å². The lowest BCUT2D eigenvalue weighted by Gasteiger charge is -2.03. The van der Waals surface area contributed by atoms with Gasteiger partial charge in [0.1, 0.15) is 0 Å². The molecule has 1 aliphatic rings. The zero-order valence-corrected chi connectivity index (χ0v) is 8.97. The molecule has 0 atom stereocenters. The van der Waals surface area contributed by atoms with Crippen LogP contribution in [-0.2, 0) is 4.74 Å². The van der Waals surface area contributed by atoms with Gasteiger partial charge in [0.05, 0.1) is 12.9 Å². The summed E-state index contributed by atoms with van der Waals surface area (Å²) in [5.41, 5.74) is 1.84. The van der Waals surface area contributed by atoms with E-state index in [9.17, 15) is 0 Å². The Morgan fingerprint density at radius 3 is 2.86 bits per heavy atom. The van der Waals surface area contributed by atoms with Crippen LogP contribution in [0.1, 0.15) is 6.42 Å². The molecule has 0 heterocycles. The van der Waals surface area contributed by atoms with Crippen LogP contribution in [0.15, 0.2) is 59.4 Å². The maximum atomic E-state index is 5.87. The summed E-state index contributed by atoms with van der Waals surface area (Å²) >= 11 is 5.87. The molecule has 0 bridgehead atoms. The number of halogens is 1. The summed E-state index contributed by atoms with van der Waals surface area (Å²) < 4.78 is 5.19. The second-order valence-electron chi connectivity index (χ2n) is 2.90. The quantitative estimate of drug-likeness (QED) is 0.687. The molecule has 0 saturated heterocycles. The molecule has 0 aromatic carbocycles. The van der Waals surface area contributed by atoms with Gasteiger partial charge in [0.2, 0.25) is 0 Å². The SMILES string of the molecule is C=CC1=C(C(=C)Cl)C=CCC(OC)=C1. The van der Waals surface area contributed by atoms with Crippen LogP contribution in [0.2, 0.25) is 0 Å². The summed E-state index contributed by atoms with van der Waals surface area (Å²) in [5, 5.41) is 0.518. The lowest BCUT2D eigenvalue weighted by atomic mass is 10.1. The Morgan fingerprint density at radius 2 is 2.36 bits per heavy atom. The summed E-state index contributed by atoms with van der Waals surface area (Å²) in [6.07, 6.45) is 8.37. The van der Waals surface area contributed by atoms with Gasteiger partial charge in [0.15, 0.2) is 0 Å². The molecule has 0 saturated carbocycles. The Morgan fingerprint density at radius 1 is 1.64 bits per heavy atom. The predicted molar refractivity (Wildman–Crippen MR) is 61.1 cm³/mol. The van der Waals surface area contributed by atoms with Crippen molar-refractivity contribution in [2.24, 2.45) is 0 Å². The van der Waals surface area contributed by atoms with E-state index in [2.05, 4.69) is 13.2 Å². The third kappa shape index (κ3) is 2.39. The minimum atomic E-state index is 0.518. The van der Waals surface area contributed by atoms with Crippen LogP contribution in [0.5, 0.6) is 0 Å². The molecular weight excluding hydrogens is 196 g/mol. The monoisotopic (exact) mass is 208 g/mol.